The summed E-state index contributed by atoms with van der Waals surface area (Å²) in [5, 5.41) is 1.91. The summed E-state index contributed by atoms with van der Waals surface area (Å²) in [7, 11) is 0. The third kappa shape index (κ3) is 4.71. The second kappa shape index (κ2) is 7.81. The Hall–Kier alpha value is -2.57. The van der Waals surface area contributed by atoms with E-state index in [0.717, 1.165) is 19.3 Å². The molecule has 1 aromatic carbocycles. The average Bonchev–Trinajstić information content (AvgIpc) is 2.97. The van der Waals surface area contributed by atoms with E-state index in [9.17, 15) is 14.4 Å². The van der Waals surface area contributed by atoms with Crippen LogP contribution in [0.2, 0.25) is 0 Å². The molecule has 1 unspecified atom stereocenters. The lowest BCUT2D eigenvalue weighted by atomic mass is 10.1. The smallest absolute Gasteiger partial charge is 0.344 e. The quantitative estimate of drug-likeness (QED) is 0.763. The zero-order valence-electron chi connectivity index (χ0n) is 13.8. The number of hydrogen-bond acceptors (Lipinski definition) is 5. The number of carbonyl (C=O) groups is 3. The summed E-state index contributed by atoms with van der Waals surface area (Å²) < 4.78 is 10.5. The molecule has 0 fully saturated rings. The van der Waals surface area contributed by atoms with E-state index in [-0.39, 0.29) is 12.5 Å². The molecule has 0 saturated heterocycles. The average molecular weight is 334 g/mol. The summed E-state index contributed by atoms with van der Waals surface area (Å²) >= 11 is 0. The van der Waals surface area contributed by atoms with E-state index in [4.69, 9.17) is 15.2 Å². The Morgan fingerprint density at radius 1 is 1.21 bits per heavy atom. The lowest BCUT2D eigenvalue weighted by Crippen LogP contribution is -2.46. The second-order valence-electron chi connectivity index (χ2n) is 6.08. The molecular formula is C17H22N2O5. The van der Waals surface area contributed by atoms with Gasteiger partial charge in [0.2, 0.25) is 0 Å². The first-order chi connectivity index (χ1) is 11.4. The summed E-state index contributed by atoms with van der Waals surface area (Å²) in [6.07, 6.45) is 2.11. The van der Waals surface area contributed by atoms with Crippen molar-refractivity contribution in [2.75, 3.05) is 6.61 Å². The number of imide groups is 1. The Bertz CT molecular complexity index is 642. The first-order valence-corrected chi connectivity index (χ1v) is 7.91. The van der Waals surface area contributed by atoms with Crippen LogP contribution in [0.1, 0.15) is 31.4 Å². The predicted molar refractivity (Wildman–Crippen MR) is 86.4 cm³/mol. The minimum Gasteiger partial charge on any atom is -0.482 e. The first kappa shape index (κ1) is 17.8. The lowest BCUT2D eigenvalue weighted by Gasteiger charge is -2.19. The van der Waals surface area contributed by atoms with E-state index in [2.05, 4.69) is 0 Å². The number of benzene rings is 1. The molecule has 24 heavy (non-hydrogen) atoms. The van der Waals surface area contributed by atoms with Gasteiger partial charge in [0.25, 0.3) is 5.91 Å². The molecule has 0 aromatic heterocycles. The zero-order valence-corrected chi connectivity index (χ0v) is 13.8. The van der Waals surface area contributed by atoms with Crippen molar-refractivity contribution in [3.05, 3.63) is 29.3 Å². The maximum atomic E-state index is 11.9. The molecule has 7 nitrogen and oxygen atoms in total. The Balaban J connectivity index is 1.89. The molecule has 3 amide bonds. The second-order valence-corrected chi connectivity index (χ2v) is 6.08. The highest BCUT2D eigenvalue weighted by atomic mass is 16.6. The van der Waals surface area contributed by atoms with Crippen LogP contribution in [0.4, 0.5) is 4.79 Å². The van der Waals surface area contributed by atoms with Crippen LogP contribution in [0.15, 0.2) is 18.2 Å². The number of rotatable bonds is 6. The van der Waals surface area contributed by atoms with Gasteiger partial charge in [-0.05, 0) is 48.4 Å². The number of esters is 1. The number of primary amides is 1. The number of fused-ring (bicyclic) bond motifs is 1. The van der Waals surface area contributed by atoms with E-state index in [1.807, 2.05) is 23.5 Å². The molecule has 1 atom stereocenters. The number of ether oxygens (including phenoxy) is 2. The van der Waals surface area contributed by atoms with Crippen molar-refractivity contribution in [2.45, 2.75) is 39.2 Å². The number of amides is 3. The van der Waals surface area contributed by atoms with Crippen LogP contribution < -0.4 is 15.8 Å². The standard InChI is InChI=1S/C17H22N2O5/c1-10(2)15(16(21)19-17(18)22)24-14(20)9-23-13-7-6-11-4-3-5-12(11)8-13/h6-8,10,15H,3-5,9H2,1-2H3,(H3,18,19,21,22). The zero-order chi connectivity index (χ0) is 17.7. The fourth-order valence-electron chi connectivity index (χ4n) is 2.64. The maximum Gasteiger partial charge on any atom is 0.344 e. The maximum absolute atomic E-state index is 11.9. The van der Waals surface area contributed by atoms with Gasteiger partial charge < -0.3 is 15.2 Å². The monoisotopic (exact) mass is 334 g/mol. The Morgan fingerprint density at radius 2 is 1.92 bits per heavy atom. The summed E-state index contributed by atoms with van der Waals surface area (Å²) in [5.41, 5.74) is 7.46. The first-order valence-electron chi connectivity index (χ1n) is 7.91. The number of carbonyl (C=O) groups excluding carboxylic acids is 3. The van der Waals surface area contributed by atoms with Crippen LogP contribution in [0.5, 0.6) is 5.75 Å². The molecule has 0 heterocycles. The molecule has 7 heteroatoms. The molecular weight excluding hydrogens is 312 g/mol. The van der Waals surface area contributed by atoms with Crippen LogP contribution in [0.25, 0.3) is 0 Å². The van der Waals surface area contributed by atoms with Gasteiger partial charge in [-0.1, -0.05) is 19.9 Å². The van der Waals surface area contributed by atoms with Crippen molar-refractivity contribution in [3.63, 3.8) is 0 Å². The van der Waals surface area contributed by atoms with Crippen molar-refractivity contribution >= 4 is 17.9 Å². The van der Waals surface area contributed by atoms with Crippen LogP contribution in [-0.2, 0) is 27.2 Å². The predicted octanol–water partition coefficient (Wildman–Crippen LogP) is 1.32. The van der Waals surface area contributed by atoms with Gasteiger partial charge in [0.15, 0.2) is 12.7 Å². The fourth-order valence-corrected chi connectivity index (χ4v) is 2.64. The molecule has 0 radical (unpaired) electrons. The summed E-state index contributed by atoms with van der Waals surface area (Å²) in [5.74, 6) is -1.15. The van der Waals surface area contributed by atoms with E-state index in [0.29, 0.717) is 5.75 Å². The molecule has 0 bridgehead atoms. The fraction of sp³-hybridized carbons (Fsp3) is 0.471. The highest BCUT2D eigenvalue weighted by Crippen LogP contribution is 2.26. The third-order valence-corrected chi connectivity index (χ3v) is 3.80. The number of aryl methyl sites for hydroxylation is 2. The molecule has 1 aromatic rings. The third-order valence-electron chi connectivity index (χ3n) is 3.80. The number of hydrogen-bond donors (Lipinski definition) is 2. The van der Waals surface area contributed by atoms with Crippen LogP contribution in [0.3, 0.4) is 0 Å². The van der Waals surface area contributed by atoms with Crippen LogP contribution >= 0.6 is 0 Å². The van der Waals surface area contributed by atoms with Gasteiger partial charge in [-0.25, -0.2) is 9.59 Å². The van der Waals surface area contributed by atoms with Gasteiger partial charge in [-0.3, -0.25) is 10.1 Å². The molecule has 0 aliphatic heterocycles. The van der Waals surface area contributed by atoms with Crippen LogP contribution in [-0.4, -0.2) is 30.6 Å². The molecule has 3 N–H and O–H groups in total. The SMILES string of the molecule is CC(C)C(OC(=O)COc1ccc2c(c1)CCC2)C(=O)NC(N)=O. The molecule has 130 valence electrons. The van der Waals surface area contributed by atoms with Gasteiger partial charge >= 0.3 is 12.0 Å². The van der Waals surface area contributed by atoms with Crippen molar-refractivity contribution in [2.24, 2.45) is 11.7 Å². The number of urea groups is 1. The van der Waals surface area contributed by atoms with Crippen molar-refractivity contribution in [3.8, 4) is 5.75 Å². The Morgan fingerprint density at radius 3 is 2.58 bits per heavy atom. The molecule has 1 aliphatic carbocycles. The van der Waals surface area contributed by atoms with E-state index in [1.54, 1.807) is 13.8 Å². The molecule has 2 rings (SSSR count). The molecule has 0 saturated carbocycles. The van der Waals surface area contributed by atoms with Crippen molar-refractivity contribution in [1.82, 2.24) is 5.32 Å². The van der Waals surface area contributed by atoms with E-state index >= 15 is 0 Å². The van der Waals surface area contributed by atoms with Crippen molar-refractivity contribution in [1.29, 1.82) is 0 Å². The minimum absolute atomic E-state index is 0.312. The van der Waals surface area contributed by atoms with Gasteiger partial charge in [0.05, 0.1) is 0 Å². The topological polar surface area (TPSA) is 108 Å². The summed E-state index contributed by atoms with van der Waals surface area (Å²) in [4.78, 5) is 34.5. The Labute approximate surface area is 140 Å². The van der Waals surface area contributed by atoms with E-state index in [1.165, 1.54) is 11.1 Å². The normalized spacial score (nSPS) is 14.0. The largest absolute Gasteiger partial charge is 0.482 e. The van der Waals surface area contributed by atoms with Gasteiger partial charge in [0.1, 0.15) is 5.75 Å². The highest BCUT2D eigenvalue weighted by molar-refractivity contribution is 5.96. The van der Waals surface area contributed by atoms with Crippen molar-refractivity contribution < 1.29 is 23.9 Å². The Kier molecular flexibility index (Phi) is 5.78. The number of nitrogens with two attached hydrogens (primary N) is 1. The highest BCUT2D eigenvalue weighted by Gasteiger charge is 2.27. The summed E-state index contributed by atoms with van der Waals surface area (Å²) in [6.45, 7) is 3.08. The number of nitrogens with one attached hydrogen (secondary N) is 1. The molecule has 1 aliphatic rings. The molecule has 0 spiro atoms. The van der Waals surface area contributed by atoms with E-state index < -0.39 is 24.0 Å². The minimum atomic E-state index is -1.10. The van der Waals surface area contributed by atoms with Crippen LogP contribution in [0, 0.1) is 5.92 Å². The van der Waals surface area contributed by atoms with Gasteiger partial charge in [0, 0.05) is 0 Å². The van der Waals surface area contributed by atoms with Gasteiger partial charge in [-0.2, -0.15) is 0 Å². The lowest BCUT2D eigenvalue weighted by molar-refractivity contribution is -0.160. The summed E-state index contributed by atoms with van der Waals surface area (Å²) in [6, 6.07) is 4.75. The van der Waals surface area contributed by atoms with Gasteiger partial charge in [-0.15, -0.1) is 0 Å².